The molecule has 4 nitrogen and oxygen atoms in total. The third-order valence-corrected chi connectivity index (χ3v) is 2.78. The first-order valence-electron chi connectivity index (χ1n) is 5.14. The molecule has 0 bridgehead atoms. The fraction of sp³-hybridized carbons (Fsp3) is 0.167. The summed E-state index contributed by atoms with van der Waals surface area (Å²) in [4.78, 5) is 8.21. The Morgan fingerprint density at radius 2 is 2.12 bits per heavy atom. The van der Waals surface area contributed by atoms with Crippen LogP contribution in [0.3, 0.4) is 0 Å². The number of aromatic nitrogens is 2. The zero-order valence-electron chi connectivity index (χ0n) is 9.57. The minimum Gasteiger partial charge on any atom is -0.438 e. The van der Waals surface area contributed by atoms with Crippen molar-refractivity contribution in [2.24, 2.45) is 0 Å². The van der Waals surface area contributed by atoms with Gasteiger partial charge in [0, 0.05) is 19.3 Å². The second kappa shape index (κ2) is 5.14. The van der Waals surface area contributed by atoms with Gasteiger partial charge in [0.15, 0.2) is 0 Å². The van der Waals surface area contributed by atoms with E-state index in [1.165, 1.54) is 5.56 Å². The molecule has 1 heterocycles. The Morgan fingerprint density at radius 3 is 2.82 bits per heavy atom. The lowest BCUT2D eigenvalue weighted by Crippen LogP contribution is -1.97. The standard InChI is InChI=1S/C12H12BrN3O/c1-8-3-4-10(9(13)7-8)17-11-5-6-15-12(14-2)16-11/h3-7H,1-2H3,(H,14,15,16). The lowest BCUT2D eigenvalue weighted by atomic mass is 10.2. The number of anilines is 1. The van der Waals surface area contributed by atoms with Gasteiger partial charge in [-0.3, -0.25) is 0 Å². The molecular formula is C12H12BrN3O. The van der Waals surface area contributed by atoms with Gasteiger partial charge in [-0.25, -0.2) is 4.98 Å². The molecule has 17 heavy (non-hydrogen) atoms. The Hall–Kier alpha value is -1.62. The van der Waals surface area contributed by atoms with Crippen LogP contribution in [0.25, 0.3) is 0 Å². The van der Waals surface area contributed by atoms with E-state index in [1.807, 2.05) is 25.1 Å². The molecule has 1 aromatic carbocycles. The molecule has 0 saturated carbocycles. The zero-order valence-corrected chi connectivity index (χ0v) is 11.2. The highest BCUT2D eigenvalue weighted by Gasteiger charge is 2.04. The Bertz CT molecular complexity index is 531. The molecule has 0 aliphatic rings. The molecule has 5 heteroatoms. The van der Waals surface area contributed by atoms with Gasteiger partial charge in [-0.1, -0.05) is 6.07 Å². The largest absolute Gasteiger partial charge is 0.438 e. The Labute approximate surface area is 108 Å². The molecule has 0 saturated heterocycles. The SMILES string of the molecule is CNc1nccc(Oc2ccc(C)cc2Br)n1. The minimum atomic E-state index is 0.508. The van der Waals surface area contributed by atoms with Crippen molar-refractivity contribution < 1.29 is 4.74 Å². The van der Waals surface area contributed by atoms with E-state index in [0.717, 1.165) is 10.2 Å². The Morgan fingerprint density at radius 1 is 1.29 bits per heavy atom. The number of nitrogens with one attached hydrogen (secondary N) is 1. The average molecular weight is 294 g/mol. The lowest BCUT2D eigenvalue weighted by molar-refractivity contribution is 0.459. The molecule has 0 aliphatic heterocycles. The second-order valence-electron chi connectivity index (χ2n) is 3.50. The molecule has 0 unspecified atom stereocenters. The fourth-order valence-corrected chi connectivity index (χ4v) is 1.89. The predicted molar refractivity (Wildman–Crippen MR) is 70.5 cm³/mol. The Kier molecular flexibility index (Phi) is 3.58. The number of halogens is 1. The van der Waals surface area contributed by atoms with Crippen LogP contribution in [-0.2, 0) is 0 Å². The first kappa shape index (κ1) is 11.9. The van der Waals surface area contributed by atoms with Gasteiger partial charge in [-0.2, -0.15) is 4.98 Å². The highest BCUT2D eigenvalue weighted by Crippen LogP contribution is 2.29. The highest BCUT2D eigenvalue weighted by atomic mass is 79.9. The van der Waals surface area contributed by atoms with Crippen LogP contribution in [0.15, 0.2) is 34.9 Å². The van der Waals surface area contributed by atoms with Gasteiger partial charge < -0.3 is 10.1 Å². The molecule has 0 radical (unpaired) electrons. The molecular weight excluding hydrogens is 282 g/mol. The molecule has 2 rings (SSSR count). The fourth-order valence-electron chi connectivity index (χ4n) is 1.32. The van der Waals surface area contributed by atoms with Crippen LogP contribution in [0.5, 0.6) is 11.6 Å². The summed E-state index contributed by atoms with van der Waals surface area (Å²) in [6.07, 6.45) is 1.65. The zero-order chi connectivity index (χ0) is 12.3. The first-order chi connectivity index (χ1) is 8.19. The number of rotatable bonds is 3. The molecule has 0 atom stereocenters. The van der Waals surface area contributed by atoms with Crippen LogP contribution in [0.2, 0.25) is 0 Å². The summed E-state index contributed by atoms with van der Waals surface area (Å²) >= 11 is 3.46. The minimum absolute atomic E-state index is 0.508. The van der Waals surface area contributed by atoms with Gasteiger partial charge >= 0.3 is 0 Å². The maximum atomic E-state index is 5.67. The van der Waals surface area contributed by atoms with Crippen LogP contribution in [-0.4, -0.2) is 17.0 Å². The molecule has 2 aromatic rings. The summed E-state index contributed by atoms with van der Waals surface area (Å²) < 4.78 is 6.57. The topological polar surface area (TPSA) is 47.0 Å². The van der Waals surface area contributed by atoms with E-state index in [-0.39, 0.29) is 0 Å². The van der Waals surface area contributed by atoms with Crippen molar-refractivity contribution in [2.75, 3.05) is 12.4 Å². The molecule has 88 valence electrons. The van der Waals surface area contributed by atoms with Gasteiger partial charge in [0.25, 0.3) is 0 Å². The van der Waals surface area contributed by atoms with Crippen molar-refractivity contribution in [2.45, 2.75) is 6.92 Å². The molecule has 1 N–H and O–H groups in total. The average Bonchev–Trinajstić information content (AvgIpc) is 2.33. The maximum Gasteiger partial charge on any atom is 0.225 e. The molecule has 0 amide bonds. The maximum absolute atomic E-state index is 5.67. The number of aryl methyl sites for hydroxylation is 1. The molecule has 1 aromatic heterocycles. The van der Waals surface area contributed by atoms with E-state index in [2.05, 4.69) is 31.2 Å². The number of ether oxygens (including phenoxy) is 1. The summed E-state index contributed by atoms with van der Waals surface area (Å²) in [6, 6.07) is 7.60. The van der Waals surface area contributed by atoms with E-state index in [1.54, 1.807) is 19.3 Å². The summed E-state index contributed by atoms with van der Waals surface area (Å²) in [5.74, 6) is 1.77. The third kappa shape index (κ3) is 2.94. The van der Waals surface area contributed by atoms with Gasteiger partial charge in [-0.15, -0.1) is 0 Å². The van der Waals surface area contributed by atoms with Crippen LogP contribution in [0, 0.1) is 6.92 Å². The smallest absolute Gasteiger partial charge is 0.225 e. The molecule has 0 aliphatic carbocycles. The van der Waals surface area contributed by atoms with E-state index in [9.17, 15) is 0 Å². The van der Waals surface area contributed by atoms with E-state index >= 15 is 0 Å². The first-order valence-corrected chi connectivity index (χ1v) is 5.93. The monoisotopic (exact) mass is 293 g/mol. The summed E-state index contributed by atoms with van der Waals surface area (Å²) in [7, 11) is 1.76. The van der Waals surface area contributed by atoms with Crippen molar-refractivity contribution in [3.05, 3.63) is 40.5 Å². The Balaban J connectivity index is 2.25. The van der Waals surface area contributed by atoms with Crippen molar-refractivity contribution in [3.63, 3.8) is 0 Å². The van der Waals surface area contributed by atoms with Crippen LogP contribution >= 0.6 is 15.9 Å². The lowest BCUT2D eigenvalue weighted by Gasteiger charge is -2.08. The third-order valence-electron chi connectivity index (χ3n) is 2.16. The molecule has 0 spiro atoms. The van der Waals surface area contributed by atoms with Crippen LogP contribution in [0.4, 0.5) is 5.95 Å². The van der Waals surface area contributed by atoms with Gasteiger partial charge in [0.2, 0.25) is 11.8 Å². The van der Waals surface area contributed by atoms with Crippen molar-refractivity contribution in [3.8, 4) is 11.6 Å². The highest BCUT2D eigenvalue weighted by molar-refractivity contribution is 9.10. The van der Waals surface area contributed by atoms with Crippen LogP contribution in [0.1, 0.15) is 5.56 Å². The summed E-state index contributed by atoms with van der Waals surface area (Å²) in [6.45, 7) is 2.03. The normalized spacial score (nSPS) is 10.1. The quantitative estimate of drug-likeness (QED) is 0.942. The number of benzene rings is 1. The van der Waals surface area contributed by atoms with Crippen molar-refractivity contribution in [1.29, 1.82) is 0 Å². The second-order valence-corrected chi connectivity index (χ2v) is 4.36. The van der Waals surface area contributed by atoms with E-state index in [4.69, 9.17) is 4.74 Å². The number of nitrogens with zero attached hydrogens (tertiary/aromatic N) is 2. The van der Waals surface area contributed by atoms with Gasteiger partial charge in [0.05, 0.1) is 4.47 Å². The van der Waals surface area contributed by atoms with Crippen molar-refractivity contribution >= 4 is 21.9 Å². The predicted octanol–water partition coefficient (Wildman–Crippen LogP) is 3.38. The summed E-state index contributed by atoms with van der Waals surface area (Å²) in [5, 5.41) is 2.86. The summed E-state index contributed by atoms with van der Waals surface area (Å²) in [5.41, 5.74) is 1.17. The van der Waals surface area contributed by atoms with E-state index in [0.29, 0.717) is 11.8 Å². The number of hydrogen-bond donors (Lipinski definition) is 1. The van der Waals surface area contributed by atoms with Crippen LogP contribution < -0.4 is 10.1 Å². The number of hydrogen-bond acceptors (Lipinski definition) is 4. The molecule has 0 fully saturated rings. The van der Waals surface area contributed by atoms with Gasteiger partial charge in [-0.05, 0) is 40.5 Å². The van der Waals surface area contributed by atoms with E-state index < -0.39 is 0 Å². The van der Waals surface area contributed by atoms with Crippen molar-refractivity contribution in [1.82, 2.24) is 9.97 Å². The van der Waals surface area contributed by atoms with Gasteiger partial charge in [0.1, 0.15) is 5.75 Å².